The minimum absolute atomic E-state index is 0.0205. The molecule has 14 heavy (non-hydrogen) atoms. The number of carboxylic acids is 1. The minimum Gasteiger partial charge on any atom is -0.476 e. The molecule has 0 amide bonds. The molecule has 0 aliphatic carbocycles. The lowest BCUT2D eigenvalue weighted by Crippen LogP contribution is -2.06. The summed E-state index contributed by atoms with van der Waals surface area (Å²) in [5.74, 6) is -1.45. The summed E-state index contributed by atoms with van der Waals surface area (Å²) in [4.78, 5) is 13.9. The average Bonchev–Trinajstić information content (AvgIpc) is 2.16. The number of aromatic carboxylic acids is 1. The SMILES string of the molecule is O=C(O)c1ncc(CCl)cc1C(F)F. The maximum Gasteiger partial charge on any atom is 0.354 e. The molecule has 0 fully saturated rings. The van der Waals surface area contributed by atoms with Crippen LogP contribution in [-0.4, -0.2) is 16.1 Å². The number of pyridine rings is 1. The average molecular weight is 222 g/mol. The second-order valence-corrected chi connectivity index (χ2v) is 2.79. The summed E-state index contributed by atoms with van der Waals surface area (Å²) in [7, 11) is 0. The summed E-state index contributed by atoms with van der Waals surface area (Å²) in [5, 5.41) is 8.55. The molecular formula is C8H6ClF2NO2. The first-order valence-corrected chi connectivity index (χ1v) is 4.16. The fraction of sp³-hybridized carbons (Fsp3) is 0.250. The Bertz CT molecular complexity index is 357. The number of halogens is 3. The van der Waals surface area contributed by atoms with E-state index in [1.54, 1.807) is 0 Å². The van der Waals surface area contributed by atoms with E-state index < -0.39 is 23.7 Å². The topological polar surface area (TPSA) is 50.2 Å². The van der Waals surface area contributed by atoms with Crippen LogP contribution in [0.4, 0.5) is 8.78 Å². The predicted octanol–water partition coefficient (Wildman–Crippen LogP) is 2.46. The predicted molar refractivity (Wildman–Crippen MR) is 45.7 cm³/mol. The Morgan fingerprint density at radius 2 is 2.29 bits per heavy atom. The number of aromatic nitrogens is 1. The highest BCUT2D eigenvalue weighted by Crippen LogP contribution is 2.23. The third kappa shape index (κ3) is 2.17. The van der Waals surface area contributed by atoms with E-state index in [-0.39, 0.29) is 5.88 Å². The van der Waals surface area contributed by atoms with Crippen LogP contribution in [0.1, 0.15) is 28.0 Å². The maximum absolute atomic E-state index is 12.4. The van der Waals surface area contributed by atoms with Crippen molar-refractivity contribution >= 4 is 17.6 Å². The van der Waals surface area contributed by atoms with Crippen LogP contribution in [0.25, 0.3) is 0 Å². The van der Waals surface area contributed by atoms with Crippen LogP contribution in [0.5, 0.6) is 0 Å². The van der Waals surface area contributed by atoms with Gasteiger partial charge in [-0.25, -0.2) is 18.6 Å². The van der Waals surface area contributed by atoms with E-state index in [4.69, 9.17) is 16.7 Å². The highest BCUT2D eigenvalue weighted by Gasteiger charge is 2.19. The summed E-state index contributed by atoms with van der Waals surface area (Å²) < 4.78 is 24.7. The largest absolute Gasteiger partial charge is 0.476 e. The van der Waals surface area contributed by atoms with Crippen molar-refractivity contribution in [3.8, 4) is 0 Å². The fourth-order valence-electron chi connectivity index (χ4n) is 0.945. The standard InChI is InChI=1S/C8H6ClF2NO2/c9-2-4-1-5(7(10)11)6(8(13)14)12-3-4/h1,3,7H,2H2,(H,13,14). The molecule has 1 N–H and O–H groups in total. The molecule has 1 heterocycles. The molecule has 6 heteroatoms. The van der Waals surface area contributed by atoms with Crippen molar-refractivity contribution < 1.29 is 18.7 Å². The molecule has 3 nitrogen and oxygen atoms in total. The number of hydrogen-bond acceptors (Lipinski definition) is 2. The Balaban J connectivity index is 3.24. The van der Waals surface area contributed by atoms with Crippen LogP contribution in [0.15, 0.2) is 12.3 Å². The van der Waals surface area contributed by atoms with Crippen molar-refractivity contribution in [3.63, 3.8) is 0 Å². The van der Waals surface area contributed by atoms with Crippen LogP contribution in [-0.2, 0) is 5.88 Å². The molecule has 76 valence electrons. The summed E-state index contributed by atoms with van der Waals surface area (Å²) >= 11 is 5.40. The van der Waals surface area contributed by atoms with E-state index in [0.717, 1.165) is 6.07 Å². The molecule has 1 aromatic heterocycles. The maximum atomic E-state index is 12.4. The number of carbonyl (C=O) groups is 1. The number of alkyl halides is 3. The van der Waals surface area contributed by atoms with Gasteiger partial charge in [0, 0.05) is 12.1 Å². The zero-order valence-electron chi connectivity index (χ0n) is 6.88. The molecule has 0 saturated carbocycles. The fourth-order valence-corrected chi connectivity index (χ4v) is 1.09. The van der Waals surface area contributed by atoms with Crippen LogP contribution < -0.4 is 0 Å². The van der Waals surface area contributed by atoms with Crippen molar-refractivity contribution in [3.05, 3.63) is 29.1 Å². The van der Waals surface area contributed by atoms with Crippen molar-refractivity contribution in [2.24, 2.45) is 0 Å². The van der Waals surface area contributed by atoms with E-state index in [0.29, 0.717) is 5.56 Å². The summed E-state index contributed by atoms with van der Waals surface area (Å²) in [5.41, 5.74) is -0.864. The third-order valence-corrected chi connectivity index (χ3v) is 1.87. The van der Waals surface area contributed by atoms with Crippen molar-refractivity contribution in [2.75, 3.05) is 0 Å². The van der Waals surface area contributed by atoms with E-state index in [9.17, 15) is 13.6 Å². The van der Waals surface area contributed by atoms with E-state index in [1.165, 1.54) is 6.20 Å². The van der Waals surface area contributed by atoms with Crippen molar-refractivity contribution in [1.29, 1.82) is 0 Å². The van der Waals surface area contributed by atoms with Crippen molar-refractivity contribution in [1.82, 2.24) is 4.98 Å². The first-order valence-electron chi connectivity index (χ1n) is 3.62. The van der Waals surface area contributed by atoms with Crippen LogP contribution in [0.2, 0.25) is 0 Å². The van der Waals surface area contributed by atoms with Gasteiger partial charge in [0.2, 0.25) is 0 Å². The molecule has 0 aromatic carbocycles. The Labute approximate surface area is 83.3 Å². The Hall–Kier alpha value is -1.23. The molecule has 0 aliphatic rings. The van der Waals surface area contributed by atoms with Gasteiger partial charge in [0.1, 0.15) is 0 Å². The first kappa shape index (κ1) is 10.8. The molecular weight excluding hydrogens is 216 g/mol. The van der Waals surface area contributed by atoms with Gasteiger partial charge in [-0.3, -0.25) is 0 Å². The van der Waals surface area contributed by atoms with Gasteiger partial charge >= 0.3 is 5.97 Å². The van der Waals surface area contributed by atoms with Gasteiger partial charge in [0.25, 0.3) is 6.43 Å². The molecule has 0 bridgehead atoms. The Morgan fingerprint density at radius 1 is 1.64 bits per heavy atom. The lowest BCUT2D eigenvalue weighted by atomic mass is 10.1. The zero-order chi connectivity index (χ0) is 10.7. The van der Waals surface area contributed by atoms with Crippen LogP contribution in [0, 0.1) is 0 Å². The van der Waals surface area contributed by atoms with Crippen molar-refractivity contribution in [2.45, 2.75) is 12.3 Å². The third-order valence-electron chi connectivity index (χ3n) is 1.57. The van der Waals surface area contributed by atoms with Crippen LogP contribution >= 0.6 is 11.6 Å². The number of nitrogens with zero attached hydrogens (tertiary/aromatic N) is 1. The molecule has 0 atom stereocenters. The van der Waals surface area contributed by atoms with E-state index in [2.05, 4.69) is 4.98 Å². The normalized spacial score (nSPS) is 10.6. The van der Waals surface area contributed by atoms with E-state index >= 15 is 0 Å². The summed E-state index contributed by atoms with van der Waals surface area (Å²) in [6.45, 7) is 0. The molecule has 1 aromatic rings. The molecule has 0 spiro atoms. The van der Waals surface area contributed by atoms with Gasteiger partial charge in [-0.15, -0.1) is 11.6 Å². The number of rotatable bonds is 3. The lowest BCUT2D eigenvalue weighted by molar-refractivity contribution is 0.0677. The van der Waals surface area contributed by atoms with Crippen LogP contribution in [0.3, 0.4) is 0 Å². The first-order chi connectivity index (χ1) is 6.56. The molecule has 0 radical (unpaired) electrons. The lowest BCUT2D eigenvalue weighted by Gasteiger charge is -2.05. The highest BCUT2D eigenvalue weighted by molar-refractivity contribution is 6.17. The second-order valence-electron chi connectivity index (χ2n) is 2.52. The molecule has 0 unspecified atom stereocenters. The molecule has 0 aliphatic heterocycles. The Kier molecular flexibility index (Phi) is 3.35. The van der Waals surface area contributed by atoms with Gasteiger partial charge < -0.3 is 5.11 Å². The van der Waals surface area contributed by atoms with Gasteiger partial charge in [-0.2, -0.15) is 0 Å². The summed E-state index contributed by atoms with van der Waals surface area (Å²) in [6, 6.07) is 1.05. The smallest absolute Gasteiger partial charge is 0.354 e. The Morgan fingerprint density at radius 3 is 2.71 bits per heavy atom. The number of hydrogen-bond donors (Lipinski definition) is 1. The van der Waals surface area contributed by atoms with Gasteiger partial charge in [-0.05, 0) is 11.6 Å². The quantitative estimate of drug-likeness (QED) is 0.798. The zero-order valence-corrected chi connectivity index (χ0v) is 7.63. The molecule has 1 rings (SSSR count). The monoisotopic (exact) mass is 221 g/mol. The van der Waals surface area contributed by atoms with Gasteiger partial charge in [-0.1, -0.05) is 0 Å². The van der Waals surface area contributed by atoms with Gasteiger partial charge in [0.05, 0.1) is 5.56 Å². The second kappa shape index (κ2) is 4.32. The number of carboxylic acid groups (broad SMARTS) is 1. The highest BCUT2D eigenvalue weighted by atomic mass is 35.5. The van der Waals surface area contributed by atoms with Gasteiger partial charge in [0.15, 0.2) is 5.69 Å². The minimum atomic E-state index is -2.86. The van der Waals surface area contributed by atoms with E-state index in [1.807, 2.05) is 0 Å². The summed E-state index contributed by atoms with van der Waals surface area (Å²) in [6.07, 6.45) is -1.70. The molecule has 0 saturated heterocycles.